The largest absolute Gasteiger partial charge is 0.469 e. The molecule has 4 nitrogen and oxygen atoms in total. The summed E-state index contributed by atoms with van der Waals surface area (Å²) in [4.78, 5) is 12.2. The lowest BCUT2D eigenvalue weighted by molar-refractivity contribution is -0.128. The Morgan fingerprint density at radius 3 is 2.84 bits per heavy atom. The molecule has 106 valence electrons. The number of nitrogens with two attached hydrogens (primary N) is 1. The van der Waals surface area contributed by atoms with Gasteiger partial charge in [0.1, 0.15) is 5.76 Å². The zero-order chi connectivity index (χ0) is 13.7. The van der Waals surface area contributed by atoms with Gasteiger partial charge in [-0.1, -0.05) is 19.3 Å². The first-order chi connectivity index (χ1) is 9.10. The third kappa shape index (κ3) is 3.83. The predicted molar refractivity (Wildman–Crippen MR) is 74.6 cm³/mol. The van der Waals surface area contributed by atoms with E-state index in [2.05, 4.69) is 5.32 Å². The molecule has 1 aliphatic rings. The Kier molecular flexibility index (Phi) is 4.64. The Balaban J connectivity index is 1.77. The van der Waals surface area contributed by atoms with E-state index < -0.39 is 5.54 Å². The fourth-order valence-electron chi connectivity index (χ4n) is 2.66. The first-order valence-electron chi connectivity index (χ1n) is 7.22. The molecule has 1 heterocycles. The van der Waals surface area contributed by atoms with Gasteiger partial charge in [0.25, 0.3) is 0 Å². The summed E-state index contributed by atoms with van der Waals surface area (Å²) in [6.45, 7) is 2.02. The number of carbonyl (C=O) groups excluding carboxylic acids is 1. The van der Waals surface area contributed by atoms with Crippen molar-refractivity contribution in [3.63, 3.8) is 0 Å². The van der Waals surface area contributed by atoms with Crippen LogP contribution in [0.4, 0.5) is 0 Å². The molecule has 1 aliphatic carbocycles. The number of rotatable bonds is 5. The van der Waals surface area contributed by atoms with Crippen molar-refractivity contribution in [3.8, 4) is 0 Å². The Morgan fingerprint density at radius 1 is 1.47 bits per heavy atom. The van der Waals surface area contributed by atoms with E-state index in [-0.39, 0.29) is 11.9 Å². The zero-order valence-corrected chi connectivity index (χ0v) is 11.7. The first-order valence-corrected chi connectivity index (χ1v) is 7.22. The van der Waals surface area contributed by atoms with Gasteiger partial charge in [-0.3, -0.25) is 4.79 Å². The van der Waals surface area contributed by atoms with E-state index in [0.717, 1.165) is 44.3 Å². The molecule has 2 rings (SSSR count). The molecule has 0 saturated heterocycles. The van der Waals surface area contributed by atoms with E-state index in [1.165, 1.54) is 6.42 Å². The molecule has 1 amide bonds. The molecule has 1 saturated carbocycles. The minimum absolute atomic E-state index is 0.0131. The molecule has 0 spiro atoms. The molecule has 1 atom stereocenters. The molecule has 0 radical (unpaired) electrons. The van der Waals surface area contributed by atoms with Crippen LogP contribution in [0.25, 0.3) is 0 Å². The SMILES string of the molecule is CC(CCc1ccco1)NC(=O)C1(N)CCCCC1. The van der Waals surface area contributed by atoms with E-state index in [1.54, 1.807) is 6.26 Å². The first kappa shape index (κ1) is 14.1. The summed E-state index contributed by atoms with van der Waals surface area (Å²) in [6, 6.07) is 3.97. The van der Waals surface area contributed by atoms with Crippen LogP contribution in [-0.4, -0.2) is 17.5 Å². The predicted octanol–water partition coefficient (Wildman–Crippen LogP) is 2.38. The van der Waals surface area contributed by atoms with Crippen molar-refractivity contribution in [2.75, 3.05) is 0 Å². The summed E-state index contributed by atoms with van der Waals surface area (Å²) in [5.41, 5.74) is 5.57. The van der Waals surface area contributed by atoms with Gasteiger partial charge in [0.05, 0.1) is 11.8 Å². The summed E-state index contributed by atoms with van der Waals surface area (Å²) < 4.78 is 5.29. The highest BCUT2D eigenvalue weighted by atomic mass is 16.3. The summed E-state index contributed by atoms with van der Waals surface area (Å²) >= 11 is 0. The van der Waals surface area contributed by atoms with Gasteiger partial charge in [-0.15, -0.1) is 0 Å². The Bertz CT molecular complexity index is 394. The molecule has 3 N–H and O–H groups in total. The van der Waals surface area contributed by atoms with E-state index in [4.69, 9.17) is 10.2 Å². The molecule has 19 heavy (non-hydrogen) atoms. The number of carbonyl (C=O) groups is 1. The van der Waals surface area contributed by atoms with Gasteiger partial charge in [0, 0.05) is 12.5 Å². The number of hydrogen-bond acceptors (Lipinski definition) is 3. The molecule has 1 aromatic rings. The second-order valence-corrected chi connectivity index (χ2v) is 5.71. The van der Waals surface area contributed by atoms with Crippen LogP contribution in [-0.2, 0) is 11.2 Å². The number of amides is 1. The monoisotopic (exact) mass is 264 g/mol. The second-order valence-electron chi connectivity index (χ2n) is 5.71. The second kappa shape index (κ2) is 6.24. The van der Waals surface area contributed by atoms with Gasteiger partial charge in [-0.05, 0) is 38.3 Å². The number of hydrogen-bond donors (Lipinski definition) is 2. The fraction of sp³-hybridized carbons (Fsp3) is 0.667. The lowest BCUT2D eigenvalue weighted by Crippen LogP contribution is -2.56. The molecule has 4 heteroatoms. The van der Waals surface area contributed by atoms with Gasteiger partial charge in [-0.2, -0.15) is 0 Å². The molecule has 1 unspecified atom stereocenters. The lowest BCUT2D eigenvalue weighted by atomic mass is 9.81. The van der Waals surface area contributed by atoms with Crippen LogP contribution in [0.15, 0.2) is 22.8 Å². The molecule has 0 bridgehead atoms. The quantitative estimate of drug-likeness (QED) is 0.858. The normalized spacial score (nSPS) is 19.9. The number of aryl methyl sites for hydroxylation is 1. The van der Waals surface area contributed by atoms with E-state index >= 15 is 0 Å². The molecular formula is C15H24N2O2. The average molecular weight is 264 g/mol. The van der Waals surface area contributed by atoms with Gasteiger partial charge >= 0.3 is 0 Å². The summed E-state index contributed by atoms with van der Waals surface area (Å²) in [5, 5.41) is 3.05. The van der Waals surface area contributed by atoms with Crippen LogP contribution in [0.3, 0.4) is 0 Å². The van der Waals surface area contributed by atoms with Gasteiger partial charge < -0.3 is 15.5 Å². The average Bonchev–Trinajstić information content (AvgIpc) is 2.90. The molecule has 0 aliphatic heterocycles. The molecule has 1 aromatic heterocycles. The van der Waals surface area contributed by atoms with Crippen LogP contribution in [0, 0.1) is 0 Å². The lowest BCUT2D eigenvalue weighted by Gasteiger charge is -2.33. The summed E-state index contributed by atoms with van der Waals surface area (Å²) in [6.07, 6.45) is 8.32. The highest BCUT2D eigenvalue weighted by molar-refractivity contribution is 5.86. The molecular weight excluding hydrogens is 240 g/mol. The summed E-state index contributed by atoms with van der Waals surface area (Å²) in [7, 11) is 0. The van der Waals surface area contributed by atoms with Gasteiger partial charge in [0.15, 0.2) is 0 Å². The smallest absolute Gasteiger partial charge is 0.240 e. The zero-order valence-electron chi connectivity index (χ0n) is 11.7. The molecule has 0 aromatic carbocycles. The van der Waals surface area contributed by atoms with Gasteiger partial charge in [0.2, 0.25) is 5.91 Å². The van der Waals surface area contributed by atoms with Crippen LogP contribution in [0.5, 0.6) is 0 Å². The minimum Gasteiger partial charge on any atom is -0.469 e. The van der Waals surface area contributed by atoms with Crippen LogP contribution < -0.4 is 11.1 Å². The van der Waals surface area contributed by atoms with Crippen molar-refractivity contribution in [3.05, 3.63) is 24.2 Å². The Labute approximate surface area is 114 Å². The van der Waals surface area contributed by atoms with Crippen molar-refractivity contribution in [1.29, 1.82) is 0 Å². The van der Waals surface area contributed by atoms with Crippen LogP contribution >= 0.6 is 0 Å². The third-order valence-corrected chi connectivity index (χ3v) is 3.98. The maximum absolute atomic E-state index is 12.2. The minimum atomic E-state index is -0.642. The number of nitrogens with one attached hydrogen (secondary N) is 1. The topological polar surface area (TPSA) is 68.3 Å². The van der Waals surface area contributed by atoms with Crippen LogP contribution in [0.1, 0.15) is 51.2 Å². The van der Waals surface area contributed by atoms with Crippen molar-refractivity contribution in [2.24, 2.45) is 5.73 Å². The van der Waals surface area contributed by atoms with Crippen molar-refractivity contribution >= 4 is 5.91 Å². The highest BCUT2D eigenvalue weighted by Crippen LogP contribution is 2.26. The maximum atomic E-state index is 12.2. The maximum Gasteiger partial charge on any atom is 0.240 e. The third-order valence-electron chi connectivity index (χ3n) is 3.98. The van der Waals surface area contributed by atoms with E-state index in [0.29, 0.717) is 0 Å². The fourth-order valence-corrected chi connectivity index (χ4v) is 2.66. The van der Waals surface area contributed by atoms with Crippen molar-refractivity contribution in [2.45, 2.75) is 63.5 Å². The van der Waals surface area contributed by atoms with Gasteiger partial charge in [-0.25, -0.2) is 0 Å². The van der Waals surface area contributed by atoms with E-state index in [1.807, 2.05) is 19.1 Å². The number of furan rings is 1. The molecule has 1 fully saturated rings. The van der Waals surface area contributed by atoms with Crippen molar-refractivity contribution in [1.82, 2.24) is 5.32 Å². The van der Waals surface area contributed by atoms with Crippen LogP contribution in [0.2, 0.25) is 0 Å². The van der Waals surface area contributed by atoms with E-state index in [9.17, 15) is 4.79 Å². The van der Waals surface area contributed by atoms with Crippen molar-refractivity contribution < 1.29 is 9.21 Å². The standard InChI is InChI=1S/C15H24N2O2/c1-12(7-8-13-6-5-11-19-13)17-14(18)15(16)9-3-2-4-10-15/h5-6,11-12H,2-4,7-10,16H2,1H3,(H,17,18). The Hall–Kier alpha value is -1.29. The summed E-state index contributed by atoms with van der Waals surface area (Å²) in [5.74, 6) is 0.973. The highest BCUT2D eigenvalue weighted by Gasteiger charge is 2.35. The Morgan fingerprint density at radius 2 is 2.21 bits per heavy atom.